The second kappa shape index (κ2) is 7.16. The third-order valence-electron chi connectivity index (χ3n) is 3.47. The highest BCUT2D eigenvalue weighted by atomic mass is 16.5. The highest BCUT2D eigenvalue weighted by molar-refractivity contribution is 5.35. The Hall–Kier alpha value is -1.53. The van der Waals surface area contributed by atoms with E-state index >= 15 is 0 Å². The van der Waals surface area contributed by atoms with Crippen molar-refractivity contribution >= 4 is 0 Å². The van der Waals surface area contributed by atoms with Crippen molar-refractivity contribution in [3.8, 4) is 11.8 Å². The van der Waals surface area contributed by atoms with E-state index in [1.54, 1.807) is 0 Å². The van der Waals surface area contributed by atoms with Crippen LogP contribution in [0.5, 0.6) is 5.75 Å². The quantitative estimate of drug-likeness (QED) is 0.765. The van der Waals surface area contributed by atoms with E-state index in [0.29, 0.717) is 6.61 Å². The van der Waals surface area contributed by atoms with E-state index in [1.807, 2.05) is 14.0 Å². The van der Waals surface area contributed by atoms with Crippen LogP contribution in [0.25, 0.3) is 0 Å². The number of hydrogen-bond donors (Lipinski definition) is 1. The van der Waals surface area contributed by atoms with E-state index in [4.69, 9.17) is 10.00 Å². The minimum absolute atomic E-state index is 0.417. The SMILES string of the molecule is CNC(C)(C#N)CCCCOc1cc(C)ccc1C. The van der Waals surface area contributed by atoms with Gasteiger partial charge in [-0.05, 0) is 64.3 Å². The summed E-state index contributed by atoms with van der Waals surface area (Å²) in [6.07, 6.45) is 2.79. The number of aryl methyl sites for hydroxylation is 2. The summed E-state index contributed by atoms with van der Waals surface area (Å²) in [5, 5.41) is 12.1. The van der Waals surface area contributed by atoms with Gasteiger partial charge in [-0.1, -0.05) is 12.1 Å². The number of nitrogens with one attached hydrogen (secondary N) is 1. The number of hydrogen-bond acceptors (Lipinski definition) is 3. The zero-order chi connectivity index (χ0) is 14.3. The first-order valence-corrected chi connectivity index (χ1v) is 6.81. The summed E-state index contributed by atoms with van der Waals surface area (Å²) in [6.45, 7) is 6.76. The Kier molecular flexibility index (Phi) is 5.85. The summed E-state index contributed by atoms with van der Waals surface area (Å²) >= 11 is 0. The fourth-order valence-corrected chi connectivity index (χ4v) is 1.86. The molecule has 0 aromatic heterocycles. The molecule has 0 spiro atoms. The van der Waals surface area contributed by atoms with Crippen LogP contribution in [0.2, 0.25) is 0 Å². The molecule has 19 heavy (non-hydrogen) atoms. The molecule has 1 aromatic rings. The molecule has 104 valence electrons. The maximum Gasteiger partial charge on any atom is 0.122 e. The summed E-state index contributed by atoms with van der Waals surface area (Å²) in [7, 11) is 1.83. The molecule has 1 rings (SSSR count). The number of nitrogens with zero attached hydrogens (tertiary/aromatic N) is 1. The molecule has 0 saturated heterocycles. The summed E-state index contributed by atoms with van der Waals surface area (Å²) in [4.78, 5) is 0. The minimum atomic E-state index is -0.417. The van der Waals surface area contributed by atoms with Crippen molar-refractivity contribution in [3.05, 3.63) is 29.3 Å². The smallest absolute Gasteiger partial charge is 0.122 e. The van der Waals surface area contributed by atoms with Crippen LogP contribution >= 0.6 is 0 Å². The van der Waals surface area contributed by atoms with Gasteiger partial charge < -0.3 is 10.1 Å². The predicted molar refractivity (Wildman–Crippen MR) is 78.3 cm³/mol. The van der Waals surface area contributed by atoms with Crippen LogP contribution in [0.4, 0.5) is 0 Å². The zero-order valence-corrected chi connectivity index (χ0v) is 12.4. The van der Waals surface area contributed by atoms with E-state index in [1.165, 1.54) is 11.1 Å². The van der Waals surface area contributed by atoms with Gasteiger partial charge >= 0.3 is 0 Å². The van der Waals surface area contributed by atoms with Crippen LogP contribution in [0.15, 0.2) is 18.2 Å². The molecule has 1 N–H and O–H groups in total. The highest BCUT2D eigenvalue weighted by Crippen LogP contribution is 2.20. The number of ether oxygens (including phenoxy) is 1. The van der Waals surface area contributed by atoms with E-state index in [0.717, 1.165) is 25.0 Å². The standard InChI is InChI=1S/C16H24N2O/c1-13-7-8-14(2)15(11-13)19-10-6-5-9-16(3,12-17)18-4/h7-8,11,18H,5-6,9-10H2,1-4H3. The fraction of sp³-hybridized carbons (Fsp3) is 0.562. The molecular weight excluding hydrogens is 236 g/mol. The summed E-state index contributed by atoms with van der Waals surface area (Å²) in [5.74, 6) is 0.969. The predicted octanol–water partition coefficient (Wildman–Crippen LogP) is 3.35. The molecule has 3 heteroatoms. The van der Waals surface area contributed by atoms with Crippen molar-refractivity contribution in [2.75, 3.05) is 13.7 Å². The monoisotopic (exact) mass is 260 g/mol. The van der Waals surface area contributed by atoms with E-state index < -0.39 is 5.54 Å². The normalized spacial score (nSPS) is 13.6. The lowest BCUT2D eigenvalue weighted by atomic mass is 9.97. The van der Waals surface area contributed by atoms with Crippen molar-refractivity contribution in [3.63, 3.8) is 0 Å². The second-order valence-electron chi connectivity index (χ2n) is 5.27. The number of rotatable bonds is 7. The van der Waals surface area contributed by atoms with Gasteiger partial charge in [-0.3, -0.25) is 0 Å². The van der Waals surface area contributed by atoms with Crippen LogP contribution in [-0.4, -0.2) is 19.2 Å². The Morgan fingerprint density at radius 2 is 2.05 bits per heavy atom. The Morgan fingerprint density at radius 1 is 1.32 bits per heavy atom. The molecule has 0 heterocycles. The summed E-state index contributed by atoms with van der Waals surface area (Å²) in [5.41, 5.74) is 1.97. The van der Waals surface area contributed by atoms with Crippen molar-refractivity contribution in [2.24, 2.45) is 0 Å². The van der Waals surface area contributed by atoms with Gasteiger partial charge in [-0.15, -0.1) is 0 Å². The summed E-state index contributed by atoms with van der Waals surface area (Å²) < 4.78 is 5.80. The molecule has 0 bridgehead atoms. The molecule has 0 saturated carbocycles. The Labute approximate surface area is 116 Å². The molecule has 0 radical (unpaired) electrons. The van der Waals surface area contributed by atoms with Crippen LogP contribution < -0.4 is 10.1 Å². The molecule has 1 atom stereocenters. The first kappa shape index (κ1) is 15.5. The van der Waals surface area contributed by atoms with Gasteiger partial charge in [0.2, 0.25) is 0 Å². The maximum absolute atomic E-state index is 9.04. The van der Waals surface area contributed by atoms with Crippen molar-refractivity contribution < 1.29 is 4.74 Å². The first-order chi connectivity index (χ1) is 9.00. The van der Waals surface area contributed by atoms with Gasteiger partial charge in [0.05, 0.1) is 12.7 Å². The average molecular weight is 260 g/mol. The fourth-order valence-electron chi connectivity index (χ4n) is 1.86. The molecule has 0 fully saturated rings. The van der Waals surface area contributed by atoms with Crippen molar-refractivity contribution in [1.82, 2.24) is 5.32 Å². The molecular formula is C16H24N2O. The molecule has 3 nitrogen and oxygen atoms in total. The molecule has 0 aliphatic heterocycles. The lowest BCUT2D eigenvalue weighted by Gasteiger charge is -2.20. The maximum atomic E-state index is 9.04. The second-order valence-corrected chi connectivity index (χ2v) is 5.27. The topological polar surface area (TPSA) is 45.0 Å². The molecule has 0 aliphatic carbocycles. The Morgan fingerprint density at radius 3 is 2.68 bits per heavy atom. The number of nitriles is 1. The Balaban J connectivity index is 2.32. The zero-order valence-electron chi connectivity index (χ0n) is 12.4. The first-order valence-electron chi connectivity index (χ1n) is 6.81. The molecule has 0 amide bonds. The van der Waals surface area contributed by atoms with Crippen molar-refractivity contribution in [1.29, 1.82) is 5.26 Å². The summed E-state index contributed by atoms with van der Waals surface area (Å²) in [6, 6.07) is 8.55. The van der Waals surface area contributed by atoms with E-state index in [-0.39, 0.29) is 0 Å². The van der Waals surface area contributed by atoms with Crippen molar-refractivity contribution in [2.45, 2.75) is 45.6 Å². The van der Waals surface area contributed by atoms with Crippen LogP contribution in [0, 0.1) is 25.2 Å². The molecule has 1 aromatic carbocycles. The van der Waals surface area contributed by atoms with Gasteiger partial charge in [0.1, 0.15) is 11.3 Å². The lowest BCUT2D eigenvalue weighted by molar-refractivity contribution is 0.295. The van der Waals surface area contributed by atoms with Crippen LogP contribution in [0.3, 0.4) is 0 Å². The van der Waals surface area contributed by atoms with Gasteiger partial charge in [0, 0.05) is 0 Å². The molecule has 0 aliphatic rings. The Bertz CT molecular complexity index is 451. The van der Waals surface area contributed by atoms with E-state index in [9.17, 15) is 0 Å². The highest BCUT2D eigenvalue weighted by Gasteiger charge is 2.19. The van der Waals surface area contributed by atoms with Gasteiger partial charge in [0.15, 0.2) is 0 Å². The third kappa shape index (κ3) is 4.92. The lowest BCUT2D eigenvalue weighted by Crippen LogP contribution is -2.37. The van der Waals surface area contributed by atoms with Gasteiger partial charge in [-0.25, -0.2) is 0 Å². The van der Waals surface area contributed by atoms with Gasteiger partial charge in [0.25, 0.3) is 0 Å². The third-order valence-corrected chi connectivity index (χ3v) is 3.47. The van der Waals surface area contributed by atoms with Gasteiger partial charge in [-0.2, -0.15) is 5.26 Å². The number of unbranched alkanes of at least 4 members (excludes halogenated alkanes) is 1. The largest absolute Gasteiger partial charge is 0.493 e. The minimum Gasteiger partial charge on any atom is -0.493 e. The molecule has 1 unspecified atom stereocenters. The van der Waals surface area contributed by atoms with E-state index in [2.05, 4.69) is 43.4 Å². The van der Waals surface area contributed by atoms with Crippen LogP contribution in [0.1, 0.15) is 37.3 Å². The van der Waals surface area contributed by atoms with Crippen LogP contribution in [-0.2, 0) is 0 Å². The number of benzene rings is 1. The average Bonchev–Trinajstić information content (AvgIpc) is 2.42.